The Hall–Kier alpha value is -0.560. The Morgan fingerprint density at radius 3 is 2.61 bits per heavy atom. The minimum absolute atomic E-state index is 0.0322. The maximum Gasteiger partial charge on any atom is 0.344 e. The summed E-state index contributed by atoms with van der Waals surface area (Å²) in [5.41, 5.74) is 3.23. The van der Waals surface area contributed by atoms with E-state index in [0.29, 0.717) is 15.7 Å². The number of allylic oxidation sites excluding steroid dienone is 1. The molecule has 8 heteroatoms. The number of hydrazone groups is 1. The number of nitrogens with one attached hydrogen (secondary N) is 1. The SMILES string of the molecule is O=C(O)/C(Br)=C(Br)/C=N/Nc1ccc(Cl)cc1Cl. The van der Waals surface area contributed by atoms with Gasteiger partial charge < -0.3 is 5.11 Å². The van der Waals surface area contributed by atoms with E-state index < -0.39 is 5.97 Å². The van der Waals surface area contributed by atoms with Crippen LogP contribution in [0.1, 0.15) is 0 Å². The molecule has 0 radical (unpaired) electrons. The zero-order valence-corrected chi connectivity index (χ0v) is 13.3. The Labute approximate surface area is 130 Å². The monoisotopic (exact) mass is 414 g/mol. The Morgan fingerprint density at radius 1 is 1.39 bits per heavy atom. The lowest BCUT2D eigenvalue weighted by molar-refractivity contribution is -0.131. The van der Waals surface area contributed by atoms with Gasteiger partial charge in [-0.05, 0) is 50.1 Å². The molecular weight excluding hydrogens is 411 g/mol. The zero-order valence-electron chi connectivity index (χ0n) is 8.62. The second-order valence-electron chi connectivity index (χ2n) is 2.96. The molecule has 1 aromatic rings. The second kappa shape index (κ2) is 7.13. The third kappa shape index (κ3) is 4.61. The molecule has 1 aromatic carbocycles. The molecule has 4 nitrogen and oxygen atoms in total. The van der Waals surface area contributed by atoms with Gasteiger partial charge >= 0.3 is 5.97 Å². The van der Waals surface area contributed by atoms with Crippen molar-refractivity contribution < 1.29 is 9.90 Å². The number of hydrogen-bond donors (Lipinski definition) is 2. The van der Waals surface area contributed by atoms with Gasteiger partial charge in [-0.25, -0.2) is 4.79 Å². The van der Waals surface area contributed by atoms with Crippen molar-refractivity contribution in [2.75, 3.05) is 5.43 Å². The van der Waals surface area contributed by atoms with Gasteiger partial charge in [0.05, 0.1) is 21.4 Å². The van der Waals surface area contributed by atoms with Crippen LogP contribution in [0.3, 0.4) is 0 Å². The van der Waals surface area contributed by atoms with Crippen LogP contribution in [-0.4, -0.2) is 17.3 Å². The minimum Gasteiger partial charge on any atom is -0.477 e. The number of aliphatic carboxylic acids is 1. The summed E-state index contributed by atoms with van der Waals surface area (Å²) in [6, 6.07) is 4.88. The van der Waals surface area contributed by atoms with Crippen LogP contribution in [0.5, 0.6) is 0 Å². The van der Waals surface area contributed by atoms with Crippen molar-refractivity contribution in [1.82, 2.24) is 0 Å². The van der Waals surface area contributed by atoms with Crippen LogP contribution in [0.4, 0.5) is 5.69 Å². The van der Waals surface area contributed by atoms with E-state index in [-0.39, 0.29) is 8.96 Å². The van der Waals surface area contributed by atoms with Crippen LogP contribution in [0, 0.1) is 0 Å². The molecule has 96 valence electrons. The van der Waals surface area contributed by atoms with Crippen LogP contribution in [0.15, 0.2) is 32.3 Å². The molecular formula is C10H6Br2Cl2N2O2. The predicted octanol–water partition coefficient (Wildman–Crippen LogP) is 4.48. The first-order chi connectivity index (χ1) is 8.41. The fourth-order valence-corrected chi connectivity index (χ4v) is 1.72. The molecule has 0 unspecified atom stereocenters. The van der Waals surface area contributed by atoms with Crippen LogP contribution in [-0.2, 0) is 4.79 Å². The van der Waals surface area contributed by atoms with E-state index in [1.54, 1.807) is 18.2 Å². The van der Waals surface area contributed by atoms with Gasteiger partial charge in [0.25, 0.3) is 0 Å². The molecule has 2 N–H and O–H groups in total. The van der Waals surface area contributed by atoms with Crippen LogP contribution in [0.25, 0.3) is 0 Å². The van der Waals surface area contributed by atoms with Crippen molar-refractivity contribution in [2.24, 2.45) is 5.10 Å². The number of halogens is 4. The van der Waals surface area contributed by atoms with E-state index in [0.717, 1.165) is 0 Å². The third-order valence-corrected chi connectivity index (χ3v) is 4.14. The fraction of sp³-hybridized carbons (Fsp3) is 0. The largest absolute Gasteiger partial charge is 0.477 e. The first-order valence-corrected chi connectivity index (χ1v) is 6.78. The Bertz CT molecular complexity index is 533. The standard InChI is InChI=1S/C10H6Br2Cl2N2O2/c11-6(9(12)10(17)18)4-15-16-8-2-1-5(13)3-7(8)14/h1-4,16H,(H,17,18)/b9-6+,15-4+. The Balaban J connectivity index is 2.77. The molecule has 0 spiro atoms. The summed E-state index contributed by atoms with van der Waals surface area (Å²) >= 11 is 17.6. The minimum atomic E-state index is -1.10. The maximum absolute atomic E-state index is 10.6. The maximum atomic E-state index is 10.6. The van der Waals surface area contributed by atoms with Crippen molar-refractivity contribution in [3.63, 3.8) is 0 Å². The van der Waals surface area contributed by atoms with Gasteiger partial charge in [0.2, 0.25) is 0 Å². The fourth-order valence-electron chi connectivity index (χ4n) is 0.897. The summed E-state index contributed by atoms with van der Waals surface area (Å²) in [6.45, 7) is 0. The lowest BCUT2D eigenvalue weighted by Crippen LogP contribution is -1.97. The predicted molar refractivity (Wildman–Crippen MR) is 81.1 cm³/mol. The Kier molecular flexibility index (Phi) is 6.14. The number of carbonyl (C=O) groups is 1. The molecule has 0 aliphatic carbocycles. The summed E-state index contributed by atoms with van der Waals surface area (Å²) in [6.07, 6.45) is 1.29. The van der Waals surface area contributed by atoms with Crippen molar-refractivity contribution >= 4 is 72.9 Å². The first kappa shape index (κ1) is 15.5. The first-order valence-electron chi connectivity index (χ1n) is 4.44. The number of nitrogens with zero attached hydrogens (tertiary/aromatic N) is 1. The zero-order chi connectivity index (χ0) is 13.7. The van der Waals surface area contributed by atoms with Gasteiger partial charge in [-0.1, -0.05) is 23.2 Å². The van der Waals surface area contributed by atoms with Gasteiger partial charge in [-0.2, -0.15) is 5.10 Å². The summed E-state index contributed by atoms with van der Waals surface area (Å²) in [7, 11) is 0. The summed E-state index contributed by atoms with van der Waals surface area (Å²) in [5, 5.41) is 13.5. The van der Waals surface area contributed by atoms with Crippen LogP contribution >= 0.6 is 55.1 Å². The highest BCUT2D eigenvalue weighted by Crippen LogP contribution is 2.25. The molecule has 0 atom stereocenters. The number of hydrogen-bond acceptors (Lipinski definition) is 3. The number of anilines is 1. The lowest BCUT2D eigenvalue weighted by atomic mass is 10.3. The molecule has 0 amide bonds. The molecule has 18 heavy (non-hydrogen) atoms. The van der Waals surface area contributed by atoms with E-state index in [4.69, 9.17) is 28.3 Å². The van der Waals surface area contributed by atoms with Gasteiger partial charge in [0.15, 0.2) is 0 Å². The Morgan fingerprint density at radius 2 is 2.06 bits per heavy atom. The van der Waals surface area contributed by atoms with E-state index in [1.807, 2.05) is 0 Å². The van der Waals surface area contributed by atoms with Gasteiger partial charge in [-0.15, -0.1) is 0 Å². The smallest absolute Gasteiger partial charge is 0.344 e. The topological polar surface area (TPSA) is 61.7 Å². The van der Waals surface area contributed by atoms with Crippen molar-refractivity contribution in [3.8, 4) is 0 Å². The van der Waals surface area contributed by atoms with Crippen LogP contribution in [0.2, 0.25) is 10.0 Å². The van der Waals surface area contributed by atoms with E-state index in [9.17, 15) is 4.79 Å². The quantitative estimate of drug-likeness (QED) is 0.432. The summed E-state index contributed by atoms with van der Waals surface area (Å²) in [5.74, 6) is -1.10. The number of benzene rings is 1. The number of carboxylic acid groups (broad SMARTS) is 1. The van der Waals surface area contributed by atoms with E-state index in [2.05, 4.69) is 42.4 Å². The second-order valence-corrected chi connectivity index (χ2v) is 5.45. The third-order valence-electron chi connectivity index (χ3n) is 1.69. The molecule has 1 rings (SSSR count). The number of rotatable bonds is 4. The molecule has 0 aromatic heterocycles. The van der Waals surface area contributed by atoms with E-state index in [1.165, 1.54) is 6.21 Å². The lowest BCUT2D eigenvalue weighted by Gasteiger charge is -2.03. The van der Waals surface area contributed by atoms with Crippen molar-refractivity contribution in [2.45, 2.75) is 0 Å². The van der Waals surface area contributed by atoms with Crippen molar-refractivity contribution in [1.29, 1.82) is 0 Å². The normalized spacial score (nSPS) is 12.4. The molecule has 0 heterocycles. The molecule has 0 aliphatic heterocycles. The number of carboxylic acids is 1. The summed E-state index contributed by atoms with van der Waals surface area (Å²) in [4.78, 5) is 10.6. The molecule has 0 saturated carbocycles. The molecule has 0 saturated heterocycles. The van der Waals surface area contributed by atoms with Gasteiger partial charge in [0, 0.05) is 5.02 Å². The average Bonchev–Trinajstić information content (AvgIpc) is 2.30. The molecule has 0 bridgehead atoms. The van der Waals surface area contributed by atoms with Crippen LogP contribution < -0.4 is 5.43 Å². The highest BCUT2D eigenvalue weighted by atomic mass is 79.9. The highest BCUT2D eigenvalue weighted by molar-refractivity contribution is 9.14. The molecule has 0 fully saturated rings. The molecule has 0 aliphatic rings. The van der Waals surface area contributed by atoms with Gasteiger partial charge in [-0.3, -0.25) is 5.43 Å². The van der Waals surface area contributed by atoms with E-state index >= 15 is 0 Å². The summed E-state index contributed by atoms with van der Waals surface area (Å²) < 4.78 is 0.253. The van der Waals surface area contributed by atoms with Crippen molar-refractivity contribution in [3.05, 3.63) is 37.2 Å². The average molecular weight is 417 g/mol. The highest BCUT2D eigenvalue weighted by Gasteiger charge is 2.06. The van der Waals surface area contributed by atoms with Gasteiger partial charge in [0.1, 0.15) is 4.48 Å².